The van der Waals surface area contributed by atoms with E-state index < -0.39 is 0 Å². The van der Waals surface area contributed by atoms with Crippen LogP contribution >= 0.6 is 45.2 Å². The maximum absolute atomic E-state index is 6.15. The third-order valence-electron chi connectivity index (χ3n) is 5.02. The number of unbranched alkanes of at least 4 members (excludes halogenated alkanes) is 2. The van der Waals surface area contributed by atoms with Gasteiger partial charge in [0.1, 0.15) is 11.5 Å². The summed E-state index contributed by atoms with van der Waals surface area (Å²) in [6.07, 6.45) is 10.00. The van der Waals surface area contributed by atoms with E-state index in [0.717, 1.165) is 31.9 Å². The Hall–Kier alpha value is 0.280. The lowest BCUT2D eigenvalue weighted by Gasteiger charge is -2.19. The van der Waals surface area contributed by atoms with Gasteiger partial charge >= 0.3 is 0 Å². The molecule has 0 aliphatic heterocycles. The van der Waals surface area contributed by atoms with Gasteiger partial charge in [0, 0.05) is 0 Å². The summed E-state index contributed by atoms with van der Waals surface area (Å²) in [5, 5.41) is 0. The van der Waals surface area contributed by atoms with E-state index in [1.807, 2.05) is 0 Å². The standard InChI is InChI=1S/C22H36I2O2/c1-5-9-11-17(7-3)15-25-21-13-20(24)22(14-19(21)23)26-16-18(8-4)12-10-6-2/h13-14,17-18H,5-12,15-16H2,1-4H3. The number of rotatable bonds is 14. The summed E-state index contributed by atoms with van der Waals surface area (Å²) < 4.78 is 14.6. The molecular weight excluding hydrogens is 550 g/mol. The summed E-state index contributed by atoms with van der Waals surface area (Å²) in [4.78, 5) is 0. The normalized spacial score (nSPS) is 13.5. The molecule has 0 N–H and O–H groups in total. The molecule has 1 aromatic rings. The Kier molecular flexibility index (Phi) is 13.4. The molecule has 0 amide bonds. The van der Waals surface area contributed by atoms with Crippen LogP contribution in [0.15, 0.2) is 12.1 Å². The van der Waals surface area contributed by atoms with Crippen molar-refractivity contribution < 1.29 is 9.47 Å². The average molecular weight is 586 g/mol. The maximum atomic E-state index is 6.15. The van der Waals surface area contributed by atoms with Crippen LogP contribution in [0.25, 0.3) is 0 Å². The van der Waals surface area contributed by atoms with Gasteiger partial charge in [-0.05, 0) is 82.0 Å². The lowest BCUT2D eigenvalue weighted by Crippen LogP contribution is -2.13. The Bertz CT molecular complexity index is 459. The molecule has 0 saturated carbocycles. The summed E-state index contributed by atoms with van der Waals surface area (Å²) in [5.41, 5.74) is 0. The molecule has 0 fully saturated rings. The van der Waals surface area contributed by atoms with Crippen molar-refractivity contribution in [3.63, 3.8) is 0 Å². The first-order valence-electron chi connectivity index (χ1n) is 10.3. The van der Waals surface area contributed by atoms with Crippen LogP contribution in [0.5, 0.6) is 11.5 Å². The van der Waals surface area contributed by atoms with Crippen LogP contribution < -0.4 is 9.47 Å². The second-order valence-electron chi connectivity index (χ2n) is 7.17. The first kappa shape index (κ1) is 24.3. The van der Waals surface area contributed by atoms with Gasteiger partial charge in [0.05, 0.1) is 20.4 Å². The predicted molar refractivity (Wildman–Crippen MR) is 129 cm³/mol. The number of halogens is 2. The van der Waals surface area contributed by atoms with Crippen molar-refractivity contribution >= 4 is 45.2 Å². The van der Waals surface area contributed by atoms with Crippen LogP contribution in [-0.2, 0) is 0 Å². The summed E-state index contributed by atoms with van der Waals surface area (Å²) in [5.74, 6) is 3.30. The summed E-state index contributed by atoms with van der Waals surface area (Å²) in [7, 11) is 0. The highest BCUT2D eigenvalue weighted by atomic mass is 127. The lowest BCUT2D eigenvalue weighted by molar-refractivity contribution is 0.225. The Morgan fingerprint density at radius 3 is 1.42 bits per heavy atom. The topological polar surface area (TPSA) is 18.5 Å². The van der Waals surface area contributed by atoms with E-state index in [1.54, 1.807) is 0 Å². The minimum Gasteiger partial charge on any atom is -0.492 e. The number of hydrogen-bond donors (Lipinski definition) is 0. The second kappa shape index (κ2) is 14.3. The van der Waals surface area contributed by atoms with Gasteiger partial charge in [0.25, 0.3) is 0 Å². The number of benzene rings is 1. The predicted octanol–water partition coefficient (Wildman–Crippen LogP) is 8.09. The van der Waals surface area contributed by atoms with Crippen LogP contribution in [0.4, 0.5) is 0 Å². The maximum Gasteiger partial charge on any atom is 0.133 e. The van der Waals surface area contributed by atoms with Gasteiger partial charge < -0.3 is 9.47 Å². The van der Waals surface area contributed by atoms with E-state index in [-0.39, 0.29) is 0 Å². The summed E-state index contributed by atoms with van der Waals surface area (Å²) >= 11 is 4.74. The Morgan fingerprint density at radius 1 is 0.731 bits per heavy atom. The first-order valence-corrected chi connectivity index (χ1v) is 12.5. The minimum absolute atomic E-state index is 0.656. The highest BCUT2D eigenvalue weighted by Gasteiger charge is 2.13. The molecule has 1 aromatic carbocycles. The van der Waals surface area contributed by atoms with Crippen molar-refractivity contribution in [1.82, 2.24) is 0 Å². The van der Waals surface area contributed by atoms with Crippen LogP contribution in [0.3, 0.4) is 0 Å². The molecule has 0 bridgehead atoms. The molecule has 0 radical (unpaired) electrons. The average Bonchev–Trinajstić information content (AvgIpc) is 2.65. The fraction of sp³-hybridized carbons (Fsp3) is 0.727. The summed E-state index contributed by atoms with van der Waals surface area (Å²) in [6, 6.07) is 4.27. The van der Waals surface area contributed by atoms with Crippen LogP contribution in [-0.4, -0.2) is 13.2 Å². The van der Waals surface area contributed by atoms with E-state index >= 15 is 0 Å². The largest absolute Gasteiger partial charge is 0.492 e. The number of ether oxygens (including phenoxy) is 2. The van der Waals surface area contributed by atoms with Crippen molar-refractivity contribution in [2.75, 3.05) is 13.2 Å². The van der Waals surface area contributed by atoms with Gasteiger partial charge in [0.2, 0.25) is 0 Å². The molecule has 1 rings (SSSR count). The molecule has 0 heterocycles. The van der Waals surface area contributed by atoms with Crippen molar-refractivity contribution in [2.24, 2.45) is 11.8 Å². The lowest BCUT2D eigenvalue weighted by atomic mass is 10.0. The molecule has 0 aromatic heterocycles. The molecule has 2 unspecified atom stereocenters. The van der Waals surface area contributed by atoms with Gasteiger partial charge in [-0.3, -0.25) is 0 Å². The van der Waals surface area contributed by atoms with Crippen molar-refractivity contribution in [3.8, 4) is 11.5 Å². The molecule has 0 aliphatic rings. The molecule has 2 atom stereocenters. The third-order valence-corrected chi connectivity index (χ3v) is 6.71. The van der Waals surface area contributed by atoms with Crippen LogP contribution in [0.2, 0.25) is 0 Å². The molecule has 150 valence electrons. The smallest absolute Gasteiger partial charge is 0.133 e. The van der Waals surface area contributed by atoms with Gasteiger partial charge in [-0.1, -0.05) is 66.2 Å². The van der Waals surface area contributed by atoms with E-state index in [1.165, 1.54) is 51.4 Å². The van der Waals surface area contributed by atoms with E-state index in [0.29, 0.717) is 11.8 Å². The highest BCUT2D eigenvalue weighted by Crippen LogP contribution is 2.32. The van der Waals surface area contributed by atoms with Gasteiger partial charge in [-0.25, -0.2) is 0 Å². The number of hydrogen-bond acceptors (Lipinski definition) is 2. The molecule has 0 saturated heterocycles. The van der Waals surface area contributed by atoms with Gasteiger partial charge in [-0.2, -0.15) is 0 Å². The van der Waals surface area contributed by atoms with Crippen LogP contribution in [0.1, 0.15) is 79.1 Å². The van der Waals surface area contributed by atoms with Crippen molar-refractivity contribution in [2.45, 2.75) is 79.1 Å². The zero-order chi connectivity index (χ0) is 19.4. The van der Waals surface area contributed by atoms with Crippen LogP contribution in [0, 0.1) is 19.0 Å². The first-order chi connectivity index (χ1) is 12.5. The zero-order valence-electron chi connectivity index (χ0n) is 17.0. The second-order valence-corrected chi connectivity index (χ2v) is 9.49. The molecule has 26 heavy (non-hydrogen) atoms. The Morgan fingerprint density at radius 2 is 1.12 bits per heavy atom. The highest BCUT2D eigenvalue weighted by molar-refractivity contribution is 14.1. The molecule has 2 nitrogen and oxygen atoms in total. The molecule has 4 heteroatoms. The quantitative estimate of drug-likeness (QED) is 0.205. The third kappa shape index (κ3) is 8.98. The zero-order valence-corrected chi connectivity index (χ0v) is 21.3. The van der Waals surface area contributed by atoms with E-state index in [9.17, 15) is 0 Å². The van der Waals surface area contributed by atoms with E-state index in [2.05, 4.69) is 85.0 Å². The molecular formula is C22H36I2O2. The Balaban J connectivity index is 2.63. The Labute approximate surface area is 188 Å². The SMILES string of the molecule is CCCCC(CC)COc1cc(I)c(OCC(CC)CCCC)cc1I. The monoisotopic (exact) mass is 586 g/mol. The fourth-order valence-electron chi connectivity index (χ4n) is 2.94. The van der Waals surface area contributed by atoms with Gasteiger partial charge in [-0.15, -0.1) is 0 Å². The van der Waals surface area contributed by atoms with Crippen molar-refractivity contribution in [3.05, 3.63) is 19.3 Å². The molecule has 0 spiro atoms. The molecule has 0 aliphatic carbocycles. The van der Waals surface area contributed by atoms with Crippen molar-refractivity contribution in [1.29, 1.82) is 0 Å². The summed E-state index contributed by atoms with van der Waals surface area (Å²) in [6.45, 7) is 10.7. The fourth-order valence-corrected chi connectivity index (χ4v) is 4.13. The van der Waals surface area contributed by atoms with Gasteiger partial charge in [0.15, 0.2) is 0 Å². The van der Waals surface area contributed by atoms with E-state index in [4.69, 9.17) is 9.47 Å². The minimum atomic E-state index is 0.656.